The van der Waals surface area contributed by atoms with Crippen molar-refractivity contribution >= 4 is 17.5 Å². The Balaban J connectivity index is 1.55. The largest absolute Gasteiger partial charge is 0.489 e. The van der Waals surface area contributed by atoms with Crippen molar-refractivity contribution in [1.29, 1.82) is 10.7 Å². The quantitative estimate of drug-likeness (QED) is 0.683. The van der Waals surface area contributed by atoms with Crippen molar-refractivity contribution < 1.29 is 22.7 Å². The van der Waals surface area contributed by atoms with Gasteiger partial charge < -0.3 is 20.8 Å². The number of carbonyl (C=O) groups excluding carboxylic acids is 1. The van der Waals surface area contributed by atoms with E-state index in [1.807, 2.05) is 13.0 Å². The normalized spacial score (nSPS) is 26.9. The van der Waals surface area contributed by atoms with Gasteiger partial charge in [0.25, 0.3) is 5.91 Å². The zero-order valence-corrected chi connectivity index (χ0v) is 18.7. The number of rotatable bonds is 4. The van der Waals surface area contributed by atoms with Gasteiger partial charge in [-0.2, -0.15) is 18.4 Å². The monoisotopic (exact) mass is 473 g/mol. The highest BCUT2D eigenvalue weighted by Crippen LogP contribution is 2.41. The fourth-order valence-electron chi connectivity index (χ4n) is 5.22. The second kappa shape index (κ2) is 9.12. The Morgan fingerprint density at radius 1 is 1.32 bits per heavy atom. The number of nitriles is 1. The highest BCUT2D eigenvalue weighted by molar-refractivity contribution is 6.07. The van der Waals surface area contributed by atoms with Gasteiger partial charge in [0.1, 0.15) is 29.5 Å². The first-order valence-corrected chi connectivity index (χ1v) is 11.3. The molecule has 10 heteroatoms. The lowest BCUT2D eigenvalue weighted by Gasteiger charge is -2.42. The van der Waals surface area contributed by atoms with Crippen LogP contribution in [-0.4, -0.2) is 40.5 Å². The fraction of sp³-hybridized carbons (Fsp3) is 0.500. The molecule has 3 atom stereocenters. The van der Waals surface area contributed by atoms with Crippen molar-refractivity contribution in [1.82, 2.24) is 4.90 Å². The summed E-state index contributed by atoms with van der Waals surface area (Å²) >= 11 is 0. The predicted octanol–water partition coefficient (Wildman–Crippen LogP) is 4.17. The minimum absolute atomic E-state index is 0.0127. The second-order valence-corrected chi connectivity index (χ2v) is 9.02. The number of allylic oxidation sites excluding steroid dienone is 1. The van der Waals surface area contributed by atoms with Crippen LogP contribution in [0.1, 0.15) is 56.6 Å². The number of nitrogens with one attached hydrogen (secondary N) is 1. The van der Waals surface area contributed by atoms with E-state index in [0.29, 0.717) is 25.0 Å². The van der Waals surface area contributed by atoms with Crippen LogP contribution in [0.25, 0.3) is 0 Å². The highest BCUT2D eigenvalue weighted by Gasteiger charge is 2.45. The topological polar surface area (TPSA) is 116 Å². The van der Waals surface area contributed by atoms with Gasteiger partial charge in [0.15, 0.2) is 0 Å². The van der Waals surface area contributed by atoms with Crippen LogP contribution in [0.15, 0.2) is 35.0 Å². The molecule has 3 aliphatic heterocycles. The predicted molar refractivity (Wildman–Crippen MR) is 119 cm³/mol. The third kappa shape index (κ3) is 4.65. The zero-order valence-electron chi connectivity index (χ0n) is 18.7. The number of carbonyl (C=O) groups is 1. The average molecular weight is 473 g/mol. The molecule has 1 aromatic carbocycles. The maximum atomic E-state index is 13.0. The van der Waals surface area contributed by atoms with Gasteiger partial charge in [-0.05, 0) is 50.0 Å². The third-order valence-electron chi connectivity index (χ3n) is 6.80. The number of hydrogen-bond donors (Lipinski definition) is 2. The number of primary amides is 1. The number of nitrogens with zero attached hydrogens (tertiary/aromatic N) is 3. The van der Waals surface area contributed by atoms with Crippen molar-refractivity contribution in [2.75, 3.05) is 0 Å². The molecular formula is C24H26F3N5O2. The number of amides is 1. The fourth-order valence-corrected chi connectivity index (χ4v) is 5.22. The van der Waals surface area contributed by atoms with Crippen LogP contribution in [0.4, 0.5) is 13.2 Å². The van der Waals surface area contributed by atoms with Crippen LogP contribution < -0.4 is 10.5 Å². The summed E-state index contributed by atoms with van der Waals surface area (Å²) in [6.45, 7) is 2.02. The summed E-state index contributed by atoms with van der Waals surface area (Å²) in [5.41, 5.74) is 4.86. The molecule has 1 amide bonds. The molecular weight excluding hydrogens is 447 g/mol. The van der Waals surface area contributed by atoms with Gasteiger partial charge in [-0.15, -0.1) is 0 Å². The summed E-state index contributed by atoms with van der Waals surface area (Å²) in [6, 6.07) is 4.94. The molecule has 0 radical (unpaired) electrons. The van der Waals surface area contributed by atoms with E-state index >= 15 is 0 Å². The SMILES string of the molecule is CCC1CC(=N)C=C(C(N)=O)N=C1N1C2CCC1CC(Oc1ccc(C(F)(F)F)cc1C#N)C2. The van der Waals surface area contributed by atoms with Crippen molar-refractivity contribution in [3.8, 4) is 11.8 Å². The molecule has 0 saturated carbocycles. The highest BCUT2D eigenvalue weighted by atomic mass is 19.4. The molecule has 34 heavy (non-hydrogen) atoms. The van der Waals surface area contributed by atoms with Gasteiger partial charge in [-0.1, -0.05) is 6.92 Å². The van der Waals surface area contributed by atoms with E-state index < -0.39 is 17.6 Å². The summed E-state index contributed by atoms with van der Waals surface area (Å²) in [5.74, 6) is 0.240. The van der Waals surface area contributed by atoms with E-state index in [-0.39, 0.29) is 41.1 Å². The molecule has 3 N–H and O–H groups in total. The van der Waals surface area contributed by atoms with Crippen LogP contribution in [0.5, 0.6) is 5.75 Å². The standard InChI is InChI=1S/C24H26F3N5O2/c1-2-13-8-16(29)9-20(22(30)33)31-23(13)32-17-4-5-18(32)11-19(10-17)34-21-6-3-15(24(25,26)27)7-14(21)12-28/h3,6-7,9,13,17-19,29H,2,4-5,8,10-11H2,1H3,(H2,30,33). The minimum Gasteiger partial charge on any atom is -0.489 e. The molecule has 180 valence electrons. The molecule has 3 unspecified atom stereocenters. The van der Waals surface area contributed by atoms with E-state index in [4.69, 9.17) is 15.9 Å². The van der Waals surface area contributed by atoms with Gasteiger partial charge in [0.2, 0.25) is 0 Å². The van der Waals surface area contributed by atoms with E-state index in [9.17, 15) is 23.2 Å². The smallest absolute Gasteiger partial charge is 0.416 e. The lowest BCUT2D eigenvalue weighted by Crippen LogP contribution is -2.51. The Labute approximate surface area is 195 Å². The molecule has 1 aromatic rings. The van der Waals surface area contributed by atoms with E-state index in [1.165, 1.54) is 12.1 Å². The second-order valence-electron chi connectivity index (χ2n) is 9.02. The molecule has 2 fully saturated rings. The van der Waals surface area contributed by atoms with E-state index in [1.54, 1.807) is 0 Å². The molecule has 2 saturated heterocycles. The first-order chi connectivity index (χ1) is 16.1. The maximum absolute atomic E-state index is 13.0. The Hall–Kier alpha value is -3.35. The van der Waals surface area contributed by atoms with Crippen molar-refractivity contribution in [2.45, 2.75) is 69.8 Å². The summed E-state index contributed by atoms with van der Waals surface area (Å²) in [5, 5.41) is 17.5. The van der Waals surface area contributed by atoms with Gasteiger partial charge in [0.05, 0.1) is 11.1 Å². The molecule has 3 heterocycles. The summed E-state index contributed by atoms with van der Waals surface area (Å²) in [6.07, 6.45) is 0.898. The van der Waals surface area contributed by atoms with Crippen LogP contribution in [0.3, 0.4) is 0 Å². The van der Waals surface area contributed by atoms with Crippen LogP contribution >= 0.6 is 0 Å². The van der Waals surface area contributed by atoms with Crippen molar-refractivity contribution in [3.63, 3.8) is 0 Å². The molecule has 4 rings (SSSR count). The summed E-state index contributed by atoms with van der Waals surface area (Å²) in [7, 11) is 0. The number of fused-ring (bicyclic) bond motifs is 2. The van der Waals surface area contributed by atoms with Crippen LogP contribution in [0, 0.1) is 22.7 Å². The van der Waals surface area contributed by atoms with Gasteiger partial charge >= 0.3 is 6.18 Å². The number of nitrogens with two attached hydrogens (primary N) is 1. The number of halogens is 3. The van der Waals surface area contributed by atoms with Crippen LogP contribution in [-0.2, 0) is 11.0 Å². The van der Waals surface area contributed by atoms with Crippen molar-refractivity contribution in [2.24, 2.45) is 16.6 Å². The number of amidine groups is 1. The molecule has 0 aliphatic carbocycles. The number of piperidine rings is 1. The number of benzene rings is 1. The van der Waals surface area contributed by atoms with Crippen LogP contribution in [0.2, 0.25) is 0 Å². The number of alkyl halides is 3. The molecule has 3 aliphatic rings. The summed E-state index contributed by atoms with van der Waals surface area (Å²) in [4.78, 5) is 18.7. The molecule has 7 nitrogen and oxygen atoms in total. The zero-order chi connectivity index (χ0) is 24.6. The minimum atomic E-state index is -4.53. The summed E-state index contributed by atoms with van der Waals surface area (Å²) < 4.78 is 45.1. The number of ether oxygens (including phenoxy) is 1. The van der Waals surface area contributed by atoms with Gasteiger partial charge in [-0.25, -0.2) is 4.99 Å². The lowest BCUT2D eigenvalue weighted by atomic mass is 9.93. The first-order valence-electron chi connectivity index (χ1n) is 11.3. The number of hydrogen-bond acceptors (Lipinski definition) is 6. The lowest BCUT2D eigenvalue weighted by molar-refractivity contribution is -0.137. The maximum Gasteiger partial charge on any atom is 0.416 e. The van der Waals surface area contributed by atoms with Gasteiger partial charge in [0, 0.05) is 36.6 Å². The molecule has 0 spiro atoms. The number of aliphatic imine (C=N–C) groups is 1. The Morgan fingerprint density at radius 2 is 2.00 bits per heavy atom. The average Bonchev–Trinajstić information content (AvgIpc) is 2.94. The molecule has 2 bridgehead atoms. The van der Waals surface area contributed by atoms with E-state index in [2.05, 4.69) is 9.89 Å². The van der Waals surface area contributed by atoms with E-state index in [0.717, 1.165) is 37.2 Å². The van der Waals surface area contributed by atoms with Gasteiger partial charge in [-0.3, -0.25) is 4.79 Å². The Morgan fingerprint density at radius 3 is 2.56 bits per heavy atom. The third-order valence-corrected chi connectivity index (χ3v) is 6.80. The Bertz CT molecular complexity index is 1090. The molecule has 0 aromatic heterocycles. The van der Waals surface area contributed by atoms with Crippen molar-refractivity contribution in [3.05, 3.63) is 41.1 Å². The first kappa shape index (κ1) is 23.8. The Kier molecular flexibility index (Phi) is 6.39.